The van der Waals surface area contributed by atoms with E-state index in [1.807, 2.05) is 0 Å². The van der Waals surface area contributed by atoms with Crippen molar-refractivity contribution in [2.24, 2.45) is 4.36 Å². The fourth-order valence-corrected chi connectivity index (χ4v) is 2.80. The largest absolute Gasteiger partial charge is 0.466 e. The molecule has 0 aliphatic heterocycles. The lowest BCUT2D eigenvalue weighted by molar-refractivity contribution is -0.384. The number of hydrogen-bond donors (Lipinski definition) is 0. The minimum Gasteiger partial charge on any atom is -0.258 e. The third kappa shape index (κ3) is 4.27. The van der Waals surface area contributed by atoms with Gasteiger partial charge in [0.05, 0.1) is 21.5 Å². The lowest BCUT2D eigenvalue weighted by Gasteiger charge is -2.23. The second kappa shape index (κ2) is 6.80. The Bertz CT molecular complexity index is 516. The molecule has 0 aliphatic carbocycles. The van der Waals surface area contributed by atoms with Crippen LogP contribution in [0.25, 0.3) is 0 Å². The van der Waals surface area contributed by atoms with Gasteiger partial charge in [-0.25, -0.2) is 8.67 Å². The van der Waals surface area contributed by atoms with Crippen LogP contribution in [0.4, 0.5) is 24.5 Å². The van der Waals surface area contributed by atoms with Crippen molar-refractivity contribution >= 4 is 22.3 Å². The van der Waals surface area contributed by atoms with E-state index in [1.54, 1.807) is 13.8 Å². The summed E-state index contributed by atoms with van der Waals surface area (Å²) in [6.45, 7) is 3.60. The van der Waals surface area contributed by atoms with Crippen LogP contribution in [0.3, 0.4) is 0 Å². The van der Waals surface area contributed by atoms with Crippen molar-refractivity contribution in [2.45, 2.75) is 19.4 Å². The van der Waals surface area contributed by atoms with E-state index in [-0.39, 0.29) is 24.5 Å². The predicted molar refractivity (Wildman–Crippen MR) is 71.5 cm³/mol. The van der Waals surface area contributed by atoms with Crippen molar-refractivity contribution in [3.63, 3.8) is 0 Å². The predicted octanol–water partition coefficient (Wildman–Crippen LogP) is 3.80. The fraction of sp³-hybridized carbons (Fsp3) is 0.455. The summed E-state index contributed by atoms with van der Waals surface area (Å²) in [5.41, 5.74) is -4.83. The highest BCUT2D eigenvalue weighted by Gasteiger charge is 2.38. The van der Waals surface area contributed by atoms with Gasteiger partial charge in [0.25, 0.3) is 5.69 Å². The van der Waals surface area contributed by atoms with Gasteiger partial charge in [-0.05, 0) is 6.07 Å². The van der Waals surface area contributed by atoms with Gasteiger partial charge in [-0.15, -0.1) is 0 Å². The molecular weight excluding hydrogens is 295 g/mol. The summed E-state index contributed by atoms with van der Waals surface area (Å²) in [7, 11) is -2.32. The minimum absolute atomic E-state index is 0.0493. The van der Waals surface area contributed by atoms with Crippen molar-refractivity contribution < 1.29 is 18.1 Å². The molecule has 0 spiro atoms. The van der Waals surface area contributed by atoms with Gasteiger partial charge < -0.3 is 0 Å². The Labute approximate surface area is 116 Å². The first-order chi connectivity index (χ1) is 9.29. The SMILES string of the molecule is CCN(CC)S(=Nc1cccc([N+](=O)[O-])c1)C(F)(F)F. The Kier molecular flexibility index (Phi) is 5.63. The number of alkyl halides is 3. The van der Waals surface area contributed by atoms with E-state index in [9.17, 15) is 23.3 Å². The molecule has 9 heteroatoms. The van der Waals surface area contributed by atoms with Crippen LogP contribution in [0, 0.1) is 10.1 Å². The molecule has 1 atom stereocenters. The van der Waals surface area contributed by atoms with Crippen LogP contribution in [-0.4, -0.2) is 27.8 Å². The van der Waals surface area contributed by atoms with Gasteiger partial charge in [0.1, 0.15) is 0 Å². The van der Waals surface area contributed by atoms with E-state index in [2.05, 4.69) is 4.36 Å². The third-order valence-electron chi connectivity index (χ3n) is 2.39. The molecule has 20 heavy (non-hydrogen) atoms. The van der Waals surface area contributed by atoms with Gasteiger partial charge in [0.2, 0.25) is 0 Å². The van der Waals surface area contributed by atoms with E-state index in [0.29, 0.717) is 0 Å². The van der Waals surface area contributed by atoms with Gasteiger partial charge in [-0.2, -0.15) is 13.2 Å². The number of nitrogens with zero attached hydrogens (tertiary/aromatic N) is 3. The number of non-ortho nitro benzene ring substituents is 1. The van der Waals surface area contributed by atoms with Crippen molar-refractivity contribution in [3.05, 3.63) is 34.4 Å². The molecule has 112 valence electrons. The summed E-state index contributed by atoms with van der Waals surface area (Å²) in [4.78, 5) is 9.95. The third-order valence-corrected chi connectivity index (χ3v) is 4.19. The topological polar surface area (TPSA) is 58.7 Å². The Morgan fingerprint density at radius 1 is 1.35 bits per heavy atom. The molecule has 0 N–H and O–H groups in total. The molecule has 0 aliphatic rings. The summed E-state index contributed by atoms with van der Waals surface area (Å²) in [6, 6.07) is 4.89. The molecule has 1 unspecified atom stereocenters. The van der Waals surface area contributed by atoms with Crippen molar-refractivity contribution in [1.82, 2.24) is 4.31 Å². The number of halogens is 3. The fourth-order valence-electron chi connectivity index (χ4n) is 1.49. The molecular formula is C11H14F3N3O2S. The first-order valence-electron chi connectivity index (χ1n) is 5.82. The molecule has 1 aromatic rings. The monoisotopic (exact) mass is 309 g/mol. The Morgan fingerprint density at radius 2 is 1.95 bits per heavy atom. The normalized spacial score (nSPS) is 13.7. The van der Waals surface area contributed by atoms with Crippen LogP contribution in [0.2, 0.25) is 0 Å². The molecule has 0 fully saturated rings. The summed E-state index contributed by atoms with van der Waals surface area (Å²) in [5, 5.41) is 10.6. The first kappa shape index (κ1) is 16.6. The second-order valence-corrected chi connectivity index (χ2v) is 5.38. The van der Waals surface area contributed by atoms with E-state index < -0.39 is 21.3 Å². The zero-order chi connectivity index (χ0) is 15.3. The molecule has 0 bridgehead atoms. The molecule has 0 saturated heterocycles. The lowest BCUT2D eigenvalue weighted by Crippen LogP contribution is -2.34. The van der Waals surface area contributed by atoms with Gasteiger partial charge in [0.15, 0.2) is 0 Å². The van der Waals surface area contributed by atoms with Crippen LogP contribution in [0.15, 0.2) is 28.6 Å². The highest BCUT2D eigenvalue weighted by atomic mass is 32.2. The number of benzene rings is 1. The number of hydrogen-bond acceptors (Lipinski definition) is 3. The molecule has 0 heterocycles. The summed E-state index contributed by atoms with van der Waals surface area (Å²) < 4.78 is 43.9. The Balaban J connectivity index is 3.26. The maximum absolute atomic E-state index is 13.0. The van der Waals surface area contributed by atoms with Crippen molar-refractivity contribution in [1.29, 1.82) is 0 Å². The van der Waals surface area contributed by atoms with Gasteiger partial charge in [-0.1, -0.05) is 19.9 Å². The van der Waals surface area contributed by atoms with Crippen LogP contribution >= 0.6 is 0 Å². The van der Waals surface area contributed by atoms with Crippen molar-refractivity contribution in [2.75, 3.05) is 13.1 Å². The van der Waals surface area contributed by atoms with Gasteiger partial charge >= 0.3 is 5.51 Å². The molecule has 0 amide bonds. The smallest absolute Gasteiger partial charge is 0.258 e. The number of rotatable bonds is 5. The van der Waals surface area contributed by atoms with E-state index in [1.165, 1.54) is 22.5 Å². The van der Waals surface area contributed by atoms with Gasteiger partial charge in [0, 0.05) is 25.2 Å². The molecule has 0 radical (unpaired) electrons. The summed E-state index contributed by atoms with van der Waals surface area (Å²) in [5.74, 6) is 0. The quantitative estimate of drug-likeness (QED) is 0.614. The molecule has 5 nitrogen and oxygen atoms in total. The van der Waals surface area contributed by atoms with Crippen LogP contribution in [0.5, 0.6) is 0 Å². The summed E-state index contributed by atoms with van der Waals surface area (Å²) in [6.07, 6.45) is 0. The Hall–Kier alpha value is -1.48. The van der Waals surface area contributed by atoms with Crippen LogP contribution in [-0.2, 0) is 10.9 Å². The first-order valence-corrected chi connectivity index (χ1v) is 6.96. The summed E-state index contributed by atoms with van der Waals surface area (Å²) >= 11 is 0. The maximum atomic E-state index is 13.0. The average molecular weight is 309 g/mol. The standard InChI is InChI=1S/C11H14F3N3O2S/c1-3-16(4-2)20(11(12,13)14)15-9-6-5-7-10(8-9)17(18)19/h5-8H,3-4H2,1-2H3. The maximum Gasteiger partial charge on any atom is 0.466 e. The average Bonchev–Trinajstić information content (AvgIpc) is 2.38. The zero-order valence-electron chi connectivity index (χ0n) is 10.9. The second-order valence-electron chi connectivity index (χ2n) is 3.69. The number of nitro groups is 1. The number of nitro benzene ring substituents is 1. The zero-order valence-corrected chi connectivity index (χ0v) is 11.7. The lowest BCUT2D eigenvalue weighted by atomic mass is 10.3. The Morgan fingerprint density at radius 3 is 2.40 bits per heavy atom. The molecule has 1 aromatic carbocycles. The van der Waals surface area contributed by atoms with Crippen LogP contribution < -0.4 is 0 Å². The van der Waals surface area contributed by atoms with E-state index in [4.69, 9.17) is 0 Å². The van der Waals surface area contributed by atoms with Crippen LogP contribution in [0.1, 0.15) is 13.8 Å². The molecule has 1 rings (SSSR count). The minimum atomic E-state index is -4.50. The van der Waals surface area contributed by atoms with E-state index in [0.717, 1.165) is 6.07 Å². The highest BCUT2D eigenvalue weighted by Crippen LogP contribution is 2.29. The van der Waals surface area contributed by atoms with Gasteiger partial charge in [-0.3, -0.25) is 10.1 Å². The molecule has 0 aromatic heterocycles. The highest BCUT2D eigenvalue weighted by molar-refractivity contribution is 7.86. The molecule has 0 saturated carbocycles. The van der Waals surface area contributed by atoms with Crippen molar-refractivity contribution in [3.8, 4) is 0 Å². The van der Waals surface area contributed by atoms with E-state index >= 15 is 0 Å².